The average Bonchev–Trinajstić information content (AvgIpc) is 2.77. The Kier molecular flexibility index (Phi) is 2.40. The van der Waals surface area contributed by atoms with Crippen LogP contribution in [0.4, 0.5) is 0 Å². The maximum atomic E-state index is 5.96. The summed E-state index contributed by atoms with van der Waals surface area (Å²) >= 11 is 0. The highest BCUT2D eigenvalue weighted by Gasteiger charge is 2.16. The van der Waals surface area contributed by atoms with E-state index >= 15 is 0 Å². The SMILES string of the molecule is CCC(N)c1nc2cc3c(cc2[nH]1)OCCO3. The minimum Gasteiger partial charge on any atom is -0.486 e. The summed E-state index contributed by atoms with van der Waals surface area (Å²) in [5, 5.41) is 0. The molecule has 1 aromatic carbocycles. The predicted molar refractivity (Wildman–Crippen MR) is 64.3 cm³/mol. The molecule has 0 amide bonds. The molecule has 5 heteroatoms. The first-order valence-electron chi connectivity index (χ1n) is 5.82. The minimum atomic E-state index is -0.0544. The number of aromatic amines is 1. The van der Waals surface area contributed by atoms with Crippen molar-refractivity contribution in [2.24, 2.45) is 5.73 Å². The Morgan fingerprint density at radius 2 is 2.06 bits per heavy atom. The van der Waals surface area contributed by atoms with E-state index in [0.29, 0.717) is 13.2 Å². The Hall–Kier alpha value is -1.75. The van der Waals surface area contributed by atoms with E-state index in [9.17, 15) is 0 Å². The van der Waals surface area contributed by atoms with Crippen LogP contribution in [0.15, 0.2) is 12.1 Å². The topological polar surface area (TPSA) is 73.2 Å². The lowest BCUT2D eigenvalue weighted by molar-refractivity contribution is 0.172. The van der Waals surface area contributed by atoms with Crippen molar-refractivity contribution >= 4 is 11.0 Å². The first-order valence-corrected chi connectivity index (χ1v) is 5.82. The van der Waals surface area contributed by atoms with Crippen molar-refractivity contribution < 1.29 is 9.47 Å². The van der Waals surface area contributed by atoms with Crippen molar-refractivity contribution in [2.75, 3.05) is 13.2 Å². The Labute approximate surface area is 98.9 Å². The van der Waals surface area contributed by atoms with Gasteiger partial charge in [0.05, 0.1) is 17.1 Å². The number of nitrogens with two attached hydrogens (primary N) is 1. The molecule has 1 aromatic heterocycles. The Morgan fingerprint density at radius 1 is 1.35 bits per heavy atom. The van der Waals surface area contributed by atoms with E-state index in [1.807, 2.05) is 19.1 Å². The molecule has 17 heavy (non-hydrogen) atoms. The van der Waals surface area contributed by atoms with Gasteiger partial charge < -0.3 is 20.2 Å². The summed E-state index contributed by atoms with van der Waals surface area (Å²) in [6.07, 6.45) is 0.854. The summed E-state index contributed by atoms with van der Waals surface area (Å²) in [7, 11) is 0. The van der Waals surface area contributed by atoms with E-state index in [4.69, 9.17) is 15.2 Å². The van der Waals surface area contributed by atoms with Gasteiger partial charge in [0, 0.05) is 12.1 Å². The van der Waals surface area contributed by atoms with Gasteiger partial charge in [-0.1, -0.05) is 6.92 Å². The molecule has 3 rings (SSSR count). The van der Waals surface area contributed by atoms with E-state index in [1.165, 1.54) is 0 Å². The zero-order valence-corrected chi connectivity index (χ0v) is 9.69. The molecule has 0 saturated heterocycles. The summed E-state index contributed by atoms with van der Waals surface area (Å²) in [6.45, 7) is 3.22. The van der Waals surface area contributed by atoms with Crippen LogP contribution in [0.5, 0.6) is 11.5 Å². The van der Waals surface area contributed by atoms with Crippen LogP contribution in [0, 0.1) is 0 Å². The van der Waals surface area contributed by atoms with Gasteiger partial charge in [0.15, 0.2) is 11.5 Å². The summed E-state index contributed by atoms with van der Waals surface area (Å²) < 4.78 is 11.0. The summed E-state index contributed by atoms with van der Waals surface area (Å²) in [4.78, 5) is 7.70. The van der Waals surface area contributed by atoms with Crippen LogP contribution >= 0.6 is 0 Å². The standard InChI is InChI=1S/C12H15N3O2/c1-2-7(13)12-14-8-5-10-11(6-9(8)15-12)17-4-3-16-10/h5-7H,2-4,13H2,1H3,(H,14,15). The molecule has 0 aliphatic carbocycles. The summed E-state index contributed by atoms with van der Waals surface area (Å²) in [5.74, 6) is 2.33. The van der Waals surface area contributed by atoms with Gasteiger partial charge in [0.1, 0.15) is 19.0 Å². The fraction of sp³-hybridized carbons (Fsp3) is 0.417. The van der Waals surface area contributed by atoms with Gasteiger partial charge in [0.2, 0.25) is 0 Å². The first-order chi connectivity index (χ1) is 8.28. The third-order valence-electron chi connectivity index (χ3n) is 2.96. The maximum absolute atomic E-state index is 5.96. The molecule has 0 bridgehead atoms. The molecule has 1 unspecified atom stereocenters. The highest BCUT2D eigenvalue weighted by atomic mass is 16.6. The summed E-state index contributed by atoms with van der Waals surface area (Å²) in [6, 6.07) is 3.76. The van der Waals surface area contributed by atoms with Crippen LogP contribution < -0.4 is 15.2 Å². The summed E-state index contributed by atoms with van der Waals surface area (Å²) in [5.41, 5.74) is 7.76. The van der Waals surface area contributed by atoms with Crippen LogP contribution in [0.25, 0.3) is 11.0 Å². The smallest absolute Gasteiger partial charge is 0.163 e. The second-order valence-corrected chi connectivity index (χ2v) is 4.15. The Bertz CT molecular complexity index is 507. The van der Waals surface area contributed by atoms with Crippen LogP contribution in [0.2, 0.25) is 0 Å². The van der Waals surface area contributed by atoms with Crippen molar-refractivity contribution in [3.8, 4) is 11.5 Å². The van der Waals surface area contributed by atoms with Crippen LogP contribution in [0.1, 0.15) is 25.2 Å². The number of aromatic nitrogens is 2. The number of fused-ring (bicyclic) bond motifs is 2. The van der Waals surface area contributed by atoms with Crippen molar-refractivity contribution in [3.05, 3.63) is 18.0 Å². The van der Waals surface area contributed by atoms with E-state index in [2.05, 4.69) is 9.97 Å². The van der Waals surface area contributed by atoms with E-state index in [-0.39, 0.29) is 6.04 Å². The molecule has 3 N–H and O–H groups in total. The highest BCUT2D eigenvalue weighted by Crippen LogP contribution is 2.34. The van der Waals surface area contributed by atoms with Gasteiger partial charge in [-0.15, -0.1) is 0 Å². The lowest BCUT2D eigenvalue weighted by Gasteiger charge is -2.17. The third kappa shape index (κ3) is 1.72. The third-order valence-corrected chi connectivity index (χ3v) is 2.96. The van der Waals surface area contributed by atoms with Gasteiger partial charge in [-0.2, -0.15) is 0 Å². The van der Waals surface area contributed by atoms with Crippen LogP contribution in [-0.2, 0) is 0 Å². The molecular weight excluding hydrogens is 218 g/mol. The molecule has 0 spiro atoms. The van der Waals surface area contributed by atoms with E-state index in [1.54, 1.807) is 0 Å². The number of H-pyrrole nitrogens is 1. The monoisotopic (exact) mass is 233 g/mol. The second kappa shape index (κ2) is 3.92. The van der Waals surface area contributed by atoms with E-state index < -0.39 is 0 Å². The maximum Gasteiger partial charge on any atom is 0.163 e. The zero-order valence-electron chi connectivity index (χ0n) is 9.69. The minimum absolute atomic E-state index is 0.0544. The van der Waals surface area contributed by atoms with Crippen molar-refractivity contribution in [2.45, 2.75) is 19.4 Å². The van der Waals surface area contributed by atoms with Gasteiger partial charge in [-0.3, -0.25) is 0 Å². The van der Waals surface area contributed by atoms with Gasteiger partial charge in [0.25, 0.3) is 0 Å². The lowest BCUT2D eigenvalue weighted by atomic mass is 10.2. The molecule has 1 aliphatic heterocycles. The largest absolute Gasteiger partial charge is 0.486 e. The molecular formula is C12H15N3O2. The normalized spacial score (nSPS) is 16.1. The van der Waals surface area contributed by atoms with Gasteiger partial charge >= 0.3 is 0 Å². The number of imidazole rings is 1. The first kappa shape index (κ1) is 10.4. The molecule has 0 saturated carbocycles. The van der Waals surface area contributed by atoms with Crippen molar-refractivity contribution in [1.29, 1.82) is 0 Å². The predicted octanol–water partition coefficient (Wildman–Crippen LogP) is 1.74. The van der Waals surface area contributed by atoms with Gasteiger partial charge in [-0.25, -0.2) is 4.98 Å². The molecule has 2 heterocycles. The zero-order chi connectivity index (χ0) is 11.8. The number of benzene rings is 1. The second-order valence-electron chi connectivity index (χ2n) is 4.15. The Morgan fingerprint density at radius 3 is 2.76 bits per heavy atom. The number of hydrogen-bond donors (Lipinski definition) is 2. The van der Waals surface area contributed by atoms with Gasteiger partial charge in [-0.05, 0) is 6.42 Å². The highest BCUT2D eigenvalue weighted by molar-refractivity contribution is 5.80. The molecule has 1 aliphatic rings. The number of nitrogens with zero attached hydrogens (tertiary/aromatic N) is 1. The lowest BCUT2D eigenvalue weighted by Crippen LogP contribution is -2.15. The molecule has 90 valence electrons. The van der Waals surface area contributed by atoms with Crippen molar-refractivity contribution in [3.63, 3.8) is 0 Å². The number of nitrogens with one attached hydrogen (secondary N) is 1. The van der Waals surface area contributed by atoms with Crippen LogP contribution in [0.3, 0.4) is 0 Å². The average molecular weight is 233 g/mol. The fourth-order valence-corrected chi connectivity index (χ4v) is 1.94. The Balaban J connectivity index is 2.09. The molecule has 2 aromatic rings. The number of ether oxygens (including phenoxy) is 2. The van der Waals surface area contributed by atoms with Crippen LogP contribution in [-0.4, -0.2) is 23.2 Å². The number of rotatable bonds is 2. The molecule has 0 radical (unpaired) electrons. The fourth-order valence-electron chi connectivity index (χ4n) is 1.94. The quantitative estimate of drug-likeness (QED) is 0.828. The molecule has 1 atom stereocenters. The number of hydrogen-bond acceptors (Lipinski definition) is 4. The van der Waals surface area contributed by atoms with E-state index in [0.717, 1.165) is 34.8 Å². The van der Waals surface area contributed by atoms with Crippen molar-refractivity contribution in [1.82, 2.24) is 9.97 Å². The molecule has 0 fully saturated rings. The molecule has 5 nitrogen and oxygen atoms in total.